The van der Waals surface area contributed by atoms with E-state index in [-0.39, 0.29) is 0 Å². The van der Waals surface area contributed by atoms with Crippen LogP contribution in [0.2, 0.25) is 0 Å². The fourth-order valence-electron chi connectivity index (χ4n) is 3.16. The average molecular weight is 287 g/mol. The molecule has 0 aliphatic heterocycles. The summed E-state index contributed by atoms with van der Waals surface area (Å²) in [5.74, 6) is 0.739. The summed E-state index contributed by atoms with van der Waals surface area (Å²) in [6.45, 7) is 7.04. The van der Waals surface area contributed by atoms with Crippen molar-refractivity contribution in [3.05, 3.63) is 28.3 Å². The van der Waals surface area contributed by atoms with Crippen LogP contribution in [0, 0.1) is 11.3 Å². The first-order valence-electron chi connectivity index (χ1n) is 7.41. The number of hydrogen-bond donors (Lipinski definition) is 0. The smallest absolute Gasteiger partial charge is 0.160 e. The van der Waals surface area contributed by atoms with Crippen molar-refractivity contribution in [1.29, 1.82) is 0 Å². The number of carbonyl (C=O) groups is 1. The van der Waals surface area contributed by atoms with Crippen LogP contribution in [0.15, 0.2) is 12.1 Å². The van der Waals surface area contributed by atoms with E-state index < -0.39 is 0 Å². The molecule has 0 saturated carbocycles. The fourth-order valence-corrected chi connectivity index (χ4v) is 4.01. The van der Waals surface area contributed by atoms with E-state index in [1.165, 1.54) is 35.4 Å². The van der Waals surface area contributed by atoms with Crippen LogP contribution in [0.25, 0.3) is 10.2 Å². The maximum Gasteiger partial charge on any atom is 0.160 e. The van der Waals surface area contributed by atoms with Crippen LogP contribution >= 0.6 is 11.3 Å². The van der Waals surface area contributed by atoms with E-state index in [9.17, 15) is 4.79 Å². The Kier molecular flexibility index (Phi) is 3.41. The van der Waals surface area contributed by atoms with Crippen molar-refractivity contribution in [2.45, 2.75) is 46.5 Å². The SMILES string of the molecule is CCC(C)(C)C1CCc2nc3sc(C=O)cc3cc2C1. The number of fused-ring (bicyclic) bond motifs is 2. The second kappa shape index (κ2) is 4.96. The maximum absolute atomic E-state index is 10.9. The monoisotopic (exact) mass is 287 g/mol. The Balaban J connectivity index is 1.98. The van der Waals surface area contributed by atoms with Gasteiger partial charge in [0, 0.05) is 11.1 Å². The molecule has 0 N–H and O–H groups in total. The van der Waals surface area contributed by atoms with Gasteiger partial charge in [0.25, 0.3) is 0 Å². The van der Waals surface area contributed by atoms with Gasteiger partial charge in [-0.3, -0.25) is 4.79 Å². The number of thiophene rings is 1. The van der Waals surface area contributed by atoms with Crippen LogP contribution in [0.3, 0.4) is 0 Å². The molecule has 2 aromatic rings. The van der Waals surface area contributed by atoms with Crippen LogP contribution in [-0.4, -0.2) is 11.3 Å². The van der Waals surface area contributed by atoms with Gasteiger partial charge >= 0.3 is 0 Å². The van der Waals surface area contributed by atoms with E-state index in [1.54, 1.807) is 0 Å². The molecule has 2 heterocycles. The minimum absolute atomic E-state index is 0.398. The van der Waals surface area contributed by atoms with Gasteiger partial charge in [-0.2, -0.15) is 0 Å². The van der Waals surface area contributed by atoms with E-state index in [0.29, 0.717) is 5.41 Å². The first kappa shape index (κ1) is 13.7. The van der Waals surface area contributed by atoms with Crippen molar-refractivity contribution in [3.8, 4) is 0 Å². The number of carbonyl (C=O) groups excluding carboxylic acids is 1. The highest BCUT2D eigenvalue weighted by molar-refractivity contribution is 7.20. The van der Waals surface area contributed by atoms with Gasteiger partial charge in [0.1, 0.15) is 4.83 Å². The third-order valence-electron chi connectivity index (χ3n) is 5.02. The molecule has 1 atom stereocenters. The van der Waals surface area contributed by atoms with E-state index in [0.717, 1.165) is 40.1 Å². The standard InChI is InChI=1S/C17H21NOS/c1-4-17(2,3)13-5-6-15-11(8-13)7-12-9-14(10-19)20-16(12)18-15/h7,9-10,13H,4-6,8H2,1-3H3. The lowest BCUT2D eigenvalue weighted by Crippen LogP contribution is -2.29. The first-order chi connectivity index (χ1) is 9.53. The summed E-state index contributed by atoms with van der Waals surface area (Å²) in [6, 6.07) is 4.23. The van der Waals surface area contributed by atoms with Gasteiger partial charge in [-0.25, -0.2) is 4.98 Å². The first-order valence-corrected chi connectivity index (χ1v) is 8.22. The van der Waals surface area contributed by atoms with Crippen molar-refractivity contribution in [2.24, 2.45) is 11.3 Å². The number of aryl methyl sites for hydroxylation is 1. The molecule has 2 aromatic heterocycles. The zero-order chi connectivity index (χ0) is 14.3. The number of aldehydes is 1. The summed E-state index contributed by atoms with van der Waals surface area (Å²) in [6.07, 6.45) is 5.59. The van der Waals surface area contributed by atoms with Crippen molar-refractivity contribution in [3.63, 3.8) is 0 Å². The fraction of sp³-hybridized carbons (Fsp3) is 0.529. The minimum Gasteiger partial charge on any atom is -0.297 e. The van der Waals surface area contributed by atoms with Crippen LogP contribution in [-0.2, 0) is 12.8 Å². The van der Waals surface area contributed by atoms with Crippen LogP contribution < -0.4 is 0 Å². The third kappa shape index (κ3) is 2.28. The average Bonchev–Trinajstić information content (AvgIpc) is 2.85. The molecule has 1 unspecified atom stereocenters. The highest BCUT2D eigenvalue weighted by Gasteiger charge is 2.31. The molecular weight excluding hydrogens is 266 g/mol. The quantitative estimate of drug-likeness (QED) is 0.769. The summed E-state index contributed by atoms with van der Waals surface area (Å²) in [5.41, 5.74) is 3.04. The van der Waals surface area contributed by atoms with Gasteiger partial charge in [0.15, 0.2) is 6.29 Å². The van der Waals surface area contributed by atoms with Crippen LogP contribution in [0.4, 0.5) is 0 Å². The minimum atomic E-state index is 0.398. The molecule has 0 amide bonds. The van der Waals surface area contributed by atoms with Crippen LogP contribution in [0.5, 0.6) is 0 Å². The van der Waals surface area contributed by atoms with Crippen LogP contribution in [0.1, 0.15) is 54.5 Å². The number of pyridine rings is 1. The summed E-state index contributed by atoms with van der Waals surface area (Å²) < 4.78 is 0. The van der Waals surface area contributed by atoms with E-state index in [2.05, 4.69) is 26.8 Å². The summed E-state index contributed by atoms with van der Waals surface area (Å²) in [5, 5.41) is 1.13. The predicted octanol–water partition coefficient (Wildman–Crippen LogP) is 4.65. The zero-order valence-electron chi connectivity index (χ0n) is 12.4. The molecule has 0 saturated heterocycles. The highest BCUT2D eigenvalue weighted by Crippen LogP contribution is 2.40. The number of aromatic nitrogens is 1. The van der Waals surface area contributed by atoms with Crippen molar-refractivity contribution < 1.29 is 4.79 Å². The molecule has 1 aliphatic rings. The van der Waals surface area contributed by atoms with Crippen molar-refractivity contribution >= 4 is 27.8 Å². The largest absolute Gasteiger partial charge is 0.297 e. The summed E-state index contributed by atoms with van der Waals surface area (Å²) in [4.78, 5) is 17.5. The van der Waals surface area contributed by atoms with Gasteiger partial charge in [0.2, 0.25) is 0 Å². The molecule has 0 spiro atoms. The highest BCUT2D eigenvalue weighted by atomic mass is 32.1. The van der Waals surface area contributed by atoms with Crippen molar-refractivity contribution in [2.75, 3.05) is 0 Å². The molecular formula is C17H21NOS. The second-order valence-corrected chi connectivity index (χ2v) is 7.60. The third-order valence-corrected chi connectivity index (χ3v) is 5.99. The lowest BCUT2D eigenvalue weighted by Gasteiger charge is -2.36. The summed E-state index contributed by atoms with van der Waals surface area (Å²) >= 11 is 1.50. The molecule has 20 heavy (non-hydrogen) atoms. The zero-order valence-corrected chi connectivity index (χ0v) is 13.2. The van der Waals surface area contributed by atoms with Gasteiger partial charge in [0.05, 0.1) is 4.88 Å². The second-order valence-electron chi connectivity index (χ2n) is 6.54. The molecule has 3 rings (SSSR count). The summed E-state index contributed by atoms with van der Waals surface area (Å²) in [7, 11) is 0. The Morgan fingerprint density at radius 3 is 2.95 bits per heavy atom. The Bertz CT molecular complexity index is 656. The van der Waals surface area contributed by atoms with E-state index >= 15 is 0 Å². The molecule has 0 fully saturated rings. The molecule has 2 nitrogen and oxygen atoms in total. The number of nitrogens with zero attached hydrogens (tertiary/aromatic N) is 1. The molecule has 0 radical (unpaired) electrons. The Hall–Kier alpha value is -1.22. The molecule has 0 bridgehead atoms. The topological polar surface area (TPSA) is 30.0 Å². The van der Waals surface area contributed by atoms with Crippen molar-refractivity contribution in [1.82, 2.24) is 4.98 Å². The Morgan fingerprint density at radius 1 is 1.45 bits per heavy atom. The molecule has 1 aliphatic carbocycles. The van der Waals surface area contributed by atoms with E-state index in [4.69, 9.17) is 4.98 Å². The van der Waals surface area contributed by atoms with Gasteiger partial charge in [-0.15, -0.1) is 11.3 Å². The van der Waals surface area contributed by atoms with E-state index in [1.807, 2.05) is 6.07 Å². The lowest BCUT2D eigenvalue weighted by molar-refractivity contribution is 0.112. The van der Waals surface area contributed by atoms with Gasteiger partial charge in [-0.05, 0) is 48.3 Å². The number of hydrogen-bond acceptors (Lipinski definition) is 3. The normalized spacial score (nSPS) is 19.1. The van der Waals surface area contributed by atoms with Gasteiger partial charge in [-0.1, -0.05) is 27.2 Å². The molecule has 0 aromatic carbocycles. The predicted molar refractivity (Wildman–Crippen MR) is 84.6 cm³/mol. The Morgan fingerprint density at radius 2 is 2.25 bits per heavy atom. The molecule has 106 valence electrons. The Labute approximate surface area is 124 Å². The van der Waals surface area contributed by atoms with Gasteiger partial charge < -0.3 is 0 Å². The molecule has 3 heteroatoms. The maximum atomic E-state index is 10.9. The lowest BCUT2D eigenvalue weighted by atomic mass is 9.69. The number of rotatable bonds is 3.